The molecule has 4 N–H and O–H groups in total. The van der Waals surface area contributed by atoms with Gasteiger partial charge in [-0.3, -0.25) is 4.79 Å². The number of carbonyl (C=O) groups excluding carboxylic acids is 1. The Hall–Kier alpha value is -2.08. The molecule has 0 heterocycles. The van der Waals surface area contributed by atoms with Gasteiger partial charge in [0.1, 0.15) is 5.75 Å². The lowest BCUT2D eigenvalue weighted by Crippen LogP contribution is -2.36. The molecular weight excluding hydrogens is 226 g/mol. The van der Waals surface area contributed by atoms with Gasteiger partial charge in [-0.05, 0) is 24.6 Å². The smallest absolute Gasteiger partial charge is 0.334 e. The first-order valence-electron chi connectivity index (χ1n) is 4.90. The Bertz CT molecular complexity index is 443. The number of rotatable bonds is 4. The first-order chi connectivity index (χ1) is 7.91. The first-order valence-corrected chi connectivity index (χ1v) is 4.90. The molecule has 0 spiro atoms. The van der Waals surface area contributed by atoms with Crippen LogP contribution < -0.4 is 5.32 Å². The average Bonchev–Trinajstić information content (AvgIpc) is 2.28. The summed E-state index contributed by atoms with van der Waals surface area (Å²) in [4.78, 5) is 21.8. The molecule has 0 aliphatic heterocycles. The van der Waals surface area contributed by atoms with E-state index in [1.807, 2.05) is 0 Å². The molecule has 1 amide bonds. The first kappa shape index (κ1) is 13.0. The average molecular weight is 239 g/mol. The van der Waals surface area contributed by atoms with E-state index in [-0.39, 0.29) is 17.9 Å². The van der Waals surface area contributed by atoms with Gasteiger partial charge in [0.15, 0.2) is 6.10 Å². The monoisotopic (exact) mass is 239 g/mol. The summed E-state index contributed by atoms with van der Waals surface area (Å²) in [5.74, 6) is -1.98. The number of phenols is 1. The lowest BCUT2D eigenvalue weighted by atomic mass is 10.1. The van der Waals surface area contributed by atoms with E-state index in [4.69, 9.17) is 10.2 Å². The molecule has 0 radical (unpaired) electrons. The van der Waals surface area contributed by atoms with Crippen LogP contribution in [0.1, 0.15) is 15.9 Å². The second-order valence-electron chi connectivity index (χ2n) is 3.57. The summed E-state index contributed by atoms with van der Waals surface area (Å²) in [5.41, 5.74) is 0.831. The van der Waals surface area contributed by atoms with Crippen LogP contribution in [0.25, 0.3) is 0 Å². The second kappa shape index (κ2) is 5.31. The van der Waals surface area contributed by atoms with Crippen molar-refractivity contribution < 1.29 is 24.9 Å². The standard InChI is InChI=1S/C11H13NO5/c1-6-2-3-7(4-8(6)13)10(15)12-5-9(14)11(16)17/h2-4,9,13-14H,5H2,1H3,(H,12,15)(H,16,17). The van der Waals surface area contributed by atoms with E-state index >= 15 is 0 Å². The largest absolute Gasteiger partial charge is 0.508 e. The zero-order chi connectivity index (χ0) is 13.0. The van der Waals surface area contributed by atoms with Gasteiger partial charge in [-0.1, -0.05) is 6.07 Å². The van der Waals surface area contributed by atoms with E-state index in [0.29, 0.717) is 5.56 Å². The van der Waals surface area contributed by atoms with Gasteiger partial charge in [-0.25, -0.2) is 4.79 Å². The molecule has 1 aromatic rings. The number of aryl methyl sites for hydroxylation is 1. The minimum absolute atomic E-state index is 0.0172. The fraction of sp³-hybridized carbons (Fsp3) is 0.273. The van der Waals surface area contributed by atoms with Gasteiger partial charge in [-0.2, -0.15) is 0 Å². The third-order valence-electron chi connectivity index (χ3n) is 2.21. The number of carbonyl (C=O) groups is 2. The molecule has 0 saturated heterocycles. The van der Waals surface area contributed by atoms with Crippen molar-refractivity contribution in [3.8, 4) is 5.75 Å². The summed E-state index contributed by atoms with van der Waals surface area (Å²) in [6, 6.07) is 4.34. The van der Waals surface area contributed by atoms with E-state index in [1.54, 1.807) is 13.0 Å². The molecule has 0 bridgehead atoms. The predicted molar refractivity (Wildman–Crippen MR) is 58.8 cm³/mol. The van der Waals surface area contributed by atoms with Crippen LogP contribution in [0.15, 0.2) is 18.2 Å². The second-order valence-corrected chi connectivity index (χ2v) is 3.57. The van der Waals surface area contributed by atoms with E-state index in [1.165, 1.54) is 12.1 Å². The Balaban J connectivity index is 2.64. The minimum Gasteiger partial charge on any atom is -0.508 e. The van der Waals surface area contributed by atoms with Gasteiger partial charge in [-0.15, -0.1) is 0 Å². The zero-order valence-corrected chi connectivity index (χ0v) is 9.17. The van der Waals surface area contributed by atoms with Crippen LogP contribution in [-0.4, -0.2) is 39.8 Å². The Morgan fingerprint density at radius 3 is 2.59 bits per heavy atom. The maximum Gasteiger partial charge on any atom is 0.334 e. The Labute approximate surface area is 97.5 Å². The molecule has 1 rings (SSSR count). The molecule has 0 aliphatic rings. The number of hydrogen-bond donors (Lipinski definition) is 4. The highest BCUT2D eigenvalue weighted by Crippen LogP contribution is 2.17. The van der Waals surface area contributed by atoms with Crippen molar-refractivity contribution in [1.82, 2.24) is 5.32 Å². The van der Waals surface area contributed by atoms with Crippen LogP contribution in [0, 0.1) is 6.92 Å². The van der Waals surface area contributed by atoms with Gasteiger partial charge in [0.05, 0.1) is 6.54 Å². The number of aliphatic carboxylic acids is 1. The minimum atomic E-state index is -1.64. The SMILES string of the molecule is Cc1ccc(C(=O)NCC(O)C(=O)O)cc1O. The summed E-state index contributed by atoms with van der Waals surface area (Å²) in [6.45, 7) is 1.30. The maximum absolute atomic E-state index is 11.5. The molecule has 0 aliphatic carbocycles. The molecule has 1 aromatic carbocycles. The predicted octanol–water partition coefficient (Wildman–Crippen LogP) is -0.124. The van der Waals surface area contributed by atoms with Crippen LogP contribution in [-0.2, 0) is 4.79 Å². The number of amides is 1. The zero-order valence-electron chi connectivity index (χ0n) is 9.17. The fourth-order valence-electron chi connectivity index (χ4n) is 1.13. The molecule has 6 heteroatoms. The van der Waals surface area contributed by atoms with Crippen molar-refractivity contribution in [3.05, 3.63) is 29.3 Å². The van der Waals surface area contributed by atoms with E-state index in [9.17, 15) is 14.7 Å². The third kappa shape index (κ3) is 3.46. The van der Waals surface area contributed by atoms with Gasteiger partial charge >= 0.3 is 5.97 Å². The molecular formula is C11H13NO5. The summed E-state index contributed by atoms with van der Waals surface area (Å²) < 4.78 is 0. The van der Waals surface area contributed by atoms with Crippen molar-refractivity contribution in [1.29, 1.82) is 0 Å². The molecule has 17 heavy (non-hydrogen) atoms. The van der Waals surface area contributed by atoms with Crippen LogP contribution in [0.2, 0.25) is 0 Å². The number of aromatic hydroxyl groups is 1. The lowest BCUT2D eigenvalue weighted by Gasteiger charge is -2.08. The topological polar surface area (TPSA) is 107 Å². The number of carboxylic acid groups (broad SMARTS) is 1. The number of aliphatic hydroxyl groups excluding tert-OH is 1. The summed E-state index contributed by atoms with van der Waals surface area (Å²) >= 11 is 0. The highest BCUT2D eigenvalue weighted by molar-refractivity contribution is 5.95. The lowest BCUT2D eigenvalue weighted by molar-refractivity contribution is -0.146. The third-order valence-corrected chi connectivity index (χ3v) is 2.21. The summed E-state index contributed by atoms with van der Waals surface area (Å²) in [7, 11) is 0. The number of carboxylic acids is 1. The van der Waals surface area contributed by atoms with Crippen molar-refractivity contribution in [3.63, 3.8) is 0 Å². The van der Waals surface area contributed by atoms with Gasteiger partial charge in [0.2, 0.25) is 0 Å². The Morgan fingerprint density at radius 1 is 1.41 bits per heavy atom. The van der Waals surface area contributed by atoms with Crippen LogP contribution in [0.4, 0.5) is 0 Å². The number of aliphatic hydroxyl groups is 1. The Kier molecular flexibility index (Phi) is 4.06. The number of hydrogen-bond acceptors (Lipinski definition) is 4. The van der Waals surface area contributed by atoms with E-state index in [0.717, 1.165) is 0 Å². The summed E-state index contributed by atoms with van der Waals surface area (Å²) in [5, 5.41) is 29.0. The fourth-order valence-corrected chi connectivity index (χ4v) is 1.13. The van der Waals surface area contributed by atoms with Gasteiger partial charge < -0.3 is 20.6 Å². The highest BCUT2D eigenvalue weighted by Gasteiger charge is 2.15. The maximum atomic E-state index is 11.5. The van der Waals surface area contributed by atoms with Crippen LogP contribution in [0.5, 0.6) is 5.75 Å². The van der Waals surface area contributed by atoms with Gasteiger partial charge in [0.25, 0.3) is 5.91 Å². The quantitative estimate of drug-likeness (QED) is 0.585. The van der Waals surface area contributed by atoms with Crippen molar-refractivity contribution >= 4 is 11.9 Å². The molecule has 0 saturated carbocycles. The van der Waals surface area contributed by atoms with Crippen LogP contribution >= 0.6 is 0 Å². The number of phenolic OH excluding ortho intramolecular Hbond substituents is 1. The van der Waals surface area contributed by atoms with E-state index in [2.05, 4.69) is 5.32 Å². The molecule has 1 unspecified atom stereocenters. The molecule has 0 aromatic heterocycles. The van der Waals surface area contributed by atoms with Crippen molar-refractivity contribution in [2.75, 3.05) is 6.54 Å². The van der Waals surface area contributed by atoms with E-state index < -0.39 is 18.0 Å². The molecule has 0 fully saturated rings. The van der Waals surface area contributed by atoms with Crippen molar-refractivity contribution in [2.45, 2.75) is 13.0 Å². The molecule has 1 atom stereocenters. The highest BCUT2D eigenvalue weighted by atomic mass is 16.4. The van der Waals surface area contributed by atoms with Gasteiger partial charge in [0, 0.05) is 5.56 Å². The Morgan fingerprint density at radius 2 is 2.06 bits per heavy atom. The number of benzene rings is 1. The summed E-state index contributed by atoms with van der Waals surface area (Å²) in [6.07, 6.45) is -1.64. The van der Waals surface area contributed by atoms with Crippen molar-refractivity contribution in [2.24, 2.45) is 0 Å². The molecule has 92 valence electrons. The normalized spacial score (nSPS) is 11.9. The van der Waals surface area contributed by atoms with Crippen LogP contribution in [0.3, 0.4) is 0 Å². The number of nitrogens with one attached hydrogen (secondary N) is 1. The molecule has 6 nitrogen and oxygen atoms in total.